The Balaban J connectivity index is 1.87. The normalized spacial score (nSPS) is 17.5. The molecule has 0 saturated carbocycles. The number of urea groups is 1. The summed E-state index contributed by atoms with van der Waals surface area (Å²) in [5.74, 6) is -0.429. The van der Waals surface area contributed by atoms with Crippen molar-refractivity contribution in [1.82, 2.24) is 10.6 Å². The lowest BCUT2D eigenvalue weighted by Crippen LogP contribution is -2.49. The van der Waals surface area contributed by atoms with Crippen molar-refractivity contribution in [2.75, 3.05) is 13.2 Å². The van der Waals surface area contributed by atoms with E-state index in [-0.39, 0.29) is 24.5 Å². The van der Waals surface area contributed by atoms with Crippen molar-refractivity contribution in [3.8, 4) is 0 Å². The van der Waals surface area contributed by atoms with Crippen molar-refractivity contribution in [1.29, 1.82) is 0 Å². The van der Waals surface area contributed by atoms with Crippen LogP contribution in [-0.4, -0.2) is 42.4 Å². The van der Waals surface area contributed by atoms with Crippen LogP contribution in [0.3, 0.4) is 0 Å². The molecular weight excluding hydrogens is 320 g/mol. The molecule has 1 aliphatic rings. The molecule has 1 aromatic carbocycles. The molecule has 0 aliphatic carbocycles. The first kappa shape index (κ1) is 19.2. The second-order valence-electron chi connectivity index (χ2n) is 6.68. The average molecular weight is 348 g/mol. The van der Waals surface area contributed by atoms with E-state index in [1.807, 2.05) is 37.3 Å². The Morgan fingerprint density at radius 2 is 1.88 bits per heavy atom. The van der Waals surface area contributed by atoms with Crippen molar-refractivity contribution in [2.24, 2.45) is 5.92 Å². The third-order valence-corrected chi connectivity index (χ3v) is 4.70. The molecule has 0 spiro atoms. The molecule has 2 atom stereocenters. The van der Waals surface area contributed by atoms with E-state index in [9.17, 15) is 9.59 Å². The molecule has 0 bridgehead atoms. The van der Waals surface area contributed by atoms with E-state index in [1.165, 1.54) is 0 Å². The van der Waals surface area contributed by atoms with E-state index < -0.39 is 5.97 Å². The molecule has 6 nitrogen and oxygen atoms in total. The molecule has 1 aromatic rings. The first-order chi connectivity index (χ1) is 12.0. The van der Waals surface area contributed by atoms with Gasteiger partial charge in [0.15, 0.2) is 0 Å². The fourth-order valence-electron chi connectivity index (χ4n) is 3.19. The lowest BCUT2D eigenvalue weighted by molar-refractivity contribution is -0.137. The van der Waals surface area contributed by atoms with Crippen LogP contribution >= 0.6 is 0 Å². The Kier molecular flexibility index (Phi) is 7.73. The van der Waals surface area contributed by atoms with Crippen LogP contribution in [0.25, 0.3) is 0 Å². The van der Waals surface area contributed by atoms with Crippen molar-refractivity contribution >= 4 is 12.0 Å². The number of benzene rings is 1. The molecule has 1 fully saturated rings. The van der Waals surface area contributed by atoms with Crippen molar-refractivity contribution < 1.29 is 19.4 Å². The predicted molar refractivity (Wildman–Crippen MR) is 95.5 cm³/mol. The molecule has 0 aromatic heterocycles. The van der Waals surface area contributed by atoms with Crippen LogP contribution in [0.4, 0.5) is 4.79 Å². The smallest absolute Gasteiger partial charge is 0.315 e. The van der Waals surface area contributed by atoms with Gasteiger partial charge in [-0.15, -0.1) is 0 Å². The molecule has 0 radical (unpaired) electrons. The van der Waals surface area contributed by atoms with E-state index in [2.05, 4.69) is 10.6 Å². The van der Waals surface area contributed by atoms with Gasteiger partial charge in [0.2, 0.25) is 0 Å². The Morgan fingerprint density at radius 1 is 1.20 bits per heavy atom. The van der Waals surface area contributed by atoms with E-state index >= 15 is 0 Å². The van der Waals surface area contributed by atoms with Crippen LogP contribution in [0.2, 0.25) is 0 Å². The van der Waals surface area contributed by atoms with Crippen molar-refractivity contribution in [3.05, 3.63) is 35.9 Å². The standard InChI is InChI=1S/C19H28N2O4/c1-14(16-9-11-25-12-10-16)20-19(24)21-17(7-8-18(22)23)13-15-5-3-2-4-6-15/h2-6,14,16-17H,7-13H2,1H3,(H,22,23)(H2,20,21,24). The first-order valence-electron chi connectivity index (χ1n) is 8.95. The quantitative estimate of drug-likeness (QED) is 0.674. The number of carbonyl (C=O) groups excluding carboxylic acids is 1. The summed E-state index contributed by atoms with van der Waals surface area (Å²) >= 11 is 0. The fourth-order valence-corrected chi connectivity index (χ4v) is 3.19. The summed E-state index contributed by atoms with van der Waals surface area (Å²) in [5, 5.41) is 14.9. The van der Waals surface area contributed by atoms with E-state index in [0.717, 1.165) is 31.6 Å². The second-order valence-corrected chi connectivity index (χ2v) is 6.68. The van der Waals surface area contributed by atoms with Crippen LogP contribution in [0.15, 0.2) is 30.3 Å². The van der Waals surface area contributed by atoms with E-state index in [0.29, 0.717) is 18.8 Å². The molecule has 25 heavy (non-hydrogen) atoms. The average Bonchev–Trinajstić information content (AvgIpc) is 2.61. The summed E-state index contributed by atoms with van der Waals surface area (Å²) in [5.41, 5.74) is 1.08. The highest BCUT2D eigenvalue weighted by Crippen LogP contribution is 2.18. The zero-order chi connectivity index (χ0) is 18.1. The number of carboxylic acid groups (broad SMARTS) is 1. The Bertz CT molecular complexity index is 544. The number of aliphatic carboxylic acids is 1. The largest absolute Gasteiger partial charge is 0.481 e. The van der Waals surface area contributed by atoms with E-state index in [4.69, 9.17) is 9.84 Å². The summed E-state index contributed by atoms with van der Waals surface area (Å²) < 4.78 is 5.36. The molecule has 138 valence electrons. The third kappa shape index (κ3) is 7.13. The van der Waals surface area contributed by atoms with Gasteiger partial charge in [-0.2, -0.15) is 0 Å². The molecular formula is C19H28N2O4. The molecule has 1 saturated heterocycles. The summed E-state index contributed by atoms with van der Waals surface area (Å²) in [7, 11) is 0. The van der Waals surface area contributed by atoms with Crippen LogP contribution in [0.5, 0.6) is 0 Å². The highest BCUT2D eigenvalue weighted by Gasteiger charge is 2.23. The van der Waals surface area contributed by atoms with Crippen LogP contribution in [-0.2, 0) is 16.0 Å². The topological polar surface area (TPSA) is 87.7 Å². The van der Waals surface area contributed by atoms with Gasteiger partial charge < -0.3 is 20.5 Å². The Labute approximate surface area is 149 Å². The van der Waals surface area contributed by atoms with E-state index in [1.54, 1.807) is 0 Å². The lowest BCUT2D eigenvalue weighted by atomic mass is 9.93. The number of amides is 2. The van der Waals surface area contributed by atoms with Gasteiger partial charge in [0, 0.05) is 31.7 Å². The summed E-state index contributed by atoms with van der Waals surface area (Å²) in [6.45, 7) is 3.50. The van der Waals surface area contributed by atoms with Gasteiger partial charge in [-0.25, -0.2) is 4.79 Å². The van der Waals surface area contributed by atoms with Gasteiger partial charge in [0.05, 0.1) is 0 Å². The molecule has 2 unspecified atom stereocenters. The van der Waals surface area contributed by atoms with Gasteiger partial charge in [0.25, 0.3) is 0 Å². The number of carbonyl (C=O) groups is 2. The second kappa shape index (κ2) is 10.0. The van der Waals surface area contributed by atoms with Crippen molar-refractivity contribution in [3.63, 3.8) is 0 Å². The minimum atomic E-state index is -0.851. The fraction of sp³-hybridized carbons (Fsp3) is 0.579. The number of hydrogen-bond donors (Lipinski definition) is 3. The molecule has 1 heterocycles. The lowest BCUT2D eigenvalue weighted by Gasteiger charge is -2.29. The molecule has 3 N–H and O–H groups in total. The van der Waals surface area contributed by atoms with Crippen molar-refractivity contribution in [2.45, 2.75) is 51.1 Å². The van der Waals surface area contributed by atoms with Gasteiger partial charge in [-0.05, 0) is 44.1 Å². The maximum atomic E-state index is 12.3. The SMILES string of the molecule is CC(NC(=O)NC(CCC(=O)O)Cc1ccccc1)C1CCOCC1. The summed E-state index contributed by atoms with van der Waals surface area (Å²) in [6.07, 6.45) is 2.96. The predicted octanol–water partition coefficient (Wildman–Crippen LogP) is 2.58. The third-order valence-electron chi connectivity index (χ3n) is 4.70. The van der Waals surface area contributed by atoms with Gasteiger partial charge in [-0.1, -0.05) is 30.3 Å². The van der Waals surface area contributed by atoms with Gasteiger partial charge in [0.1, 0.15) is 0 Å². The number of nitrogens with one attached hydrogen (secondary N) is 2. The number of carboxylic acids is 1. The first-order valence-corrected chi connectivity index (χ1v) is 8.95. The minimum Gasteiger partial charge on any atom is -0.481 e. The summed E-state index contributed by atoms with van der Waals surface area (Å²) in [4.78, 5) is 23.2. The molecule has 2 rings (SSSR count). The zero-order valence-corrected chi connectivity index (χ0v) is 14.7. The number of rotatable bonds is 8. The minimum absolute atomic E-state index is 0.0350. The Morgan fingerprint density at radius 3 is 2.52 bits per heavy atom. The Hall–Kier alpha value is -2.08. The van der Waals surface area contributed by atoms with Gasteiger partial charge >= 0.3 is 12.0 Å². The van der Waals surface area contributed by atoms with Gasteiger partial charge in [-0.3, -0.25) is 4.79 Å². The number of ether oxygens (including phenoxy) is 1. The maximum Gasteiger partial charge on any atom is 0.315 e. The highest BCUT2D eigenvalue weighted by atomic mass is 16.5. The molecule has 2 amide bonds. The maximum absolute atomic E-state index is 12.3. The zero-order valence-electron chi connectivity index (χ0n) is 14.7. The van der Waals surface area contributed by atoms with Crippen LogP contribution < -0.4 is 10.6 Å². The monoisotopic (exact) mass is 348 g/mol. The van der Waals surface area contributed by atoms with Crippen LogP contribution in [0, 0.1) is 5.92 Å². The van der Waals surface area contributed by atoms with Crippen LogP contribution in [0.1, 0.15) is 38.2 Å². The highest BCUT2D eigenvalue weighted by molar-refractivity contribution is 5.74. The number of hydrogen-bond acceptors (Lipinski definition) is 3. The molecule has 6 heteroatoms. The molecule has 1 aliphatic heterocycles. The summed E-state index contributed by atoms with van der Waals surface area (Å²) in [6, 6.07) is 9.42.